The van der Waals surface area contributed by atoms with Crippen LogP contribution in [0.4, 0.5) is 0 Å². The van der Waals surface area contributed by atoms with E-state index in [9.17, 15) is 4.79 Å². The van der Waals surface area contributed by atoms with Crippen LogP contribution in [-0.4, -0.2) is 24.4 Å². The Morgan fingerprint density at radius 2 is 2.12 bits per heavy atom. The quantitative estimate of drug-likeness (QED) is 0.730. The normalized spacial score (nSPS) is 21.6. The molecule has 0 saturated carbocycles. The van der Waals surface area contributed by atoms with Crippen LogP contribution in [0.1, 0.15) is 17.2 Å². The minimum Gasteiger partial charge on any atom is -0.480 e. The van der Waals surface area contributed by atoms with Crippen LogP contribution in [0.5, 0.6) is 11.5 Å². The second-order valence-electron chi connectivity index (χ2n) is 3.88. The lowest BCUT2D eigenvalue weighted by molar-refractivity contribution is -0.139. The molecule has 2 N–H and O–H groups in total. The highest BCUT2D eigenvalue weighted by Crippen LogP contribution is 2.38. The molecule has 5 nitrogen and oxygen atoms in total. The van der Waals surface area contributed by atoms with E-state index in [1.807, 2.05) is 6.07 Å². The van der Waals surface area contributed by atoms with Crippen LogP contribution in [0, 0.1) is 0 Å². The molecule has 0 amide bonds. The number of carboxylic acid groups (broad SMARTS) is 1. The molecule has 2 aliphatic heterocycles. The SMILES string of the molecule is O=C(O)C1NCCc2cc3c(cc21)OCO3. The molecule has 1 unspecified atom stereocenters. The molecule has 1 aromatic carbocycles. The molecule has 0 aliphatic carbocycles. The van der Waals surface area contributed by atoms with Crippen LogP contribution in [0.2, 0.25) is 0 Å². The lowest BCUT2D eigenvalue weighted by Crippen LogP contribution is -2.34. The zero-order valence-corrected chi connectivity index (χ0v) is 8.53. The van der Waals surface area contributed by atoms with Gasteiger partial charge in [-0.3, -0.25) is 4.79 Å². The summed E-state index contributed by atoms with van der Waals surface area (Å²) in [6.07, 6.45) is 0.815. The minimum atomic E-state index is -0.861. The highest BCUT2D eigenvalue weighted by molar-refractivity contribution is 5.77. The predicted molar refractivity (Wildman–Crippen MR) is 54.6 cm³/mol. The van der Waals surface area contributed by atoms with Crippen molar-refractivity contribution in [3.8, 4) is 11.5 Å². The number of hydrogen-bond donors (Lipinski definition) is 2. The molecule has 0 spiro atoms. The van der Waals surface area contributed by atoms with Crippen molar-refractivity contribution < 1.29 is 19.4 Å². The summed E-state index contributed by atoms with van der Waals surface area (Å²) in [6, 6.07) is 3.01. The molecule has 1 aromatic rings. The third-order valence-corrected chi connectivity index (χ3v) is 2.94. The van der Waals surface area contributed by atoms with Crippen LogP contribution >= 0.6 is 0 Å². The maximum Gasteiger partial charge on any atom is 0.325 e. The predicted octanol–water partition coefficient (Wildman–Crippen LogP) is 0.687. The summed E-state index contributed by atoms with van der Waals surface area (Å²) in [5.41, 5.74) is 1.80. The van der Waals surface area contributed by atoms with Gasteiger partial charge in [0.2, 0.25) is 6.79 Å². The van der Waals surface area contributed by atoms with E-state index < -0.39 is 12.0 Å². The molecule has 16 heavy (non-hydrogen) atoms. The summed E-state index contributed by atoms with van der Waals surface area (Å²) < 4.78 is 10.5. The summed E-state index contributed by atoms with van der Waals surface area (Å²) in [6.45, 7) is 0.882. The molecule has 84 valence electrons. The lowest BCUT2D eigenvalue weighted by Gasteiger charge is -2.23. The van der Waals surface area contributed by atoms with E-state index in [1.54, 1.807) is 6.07 Å². The Bertz CT molecular complexity index is 458. The average molecular weight is 221 g/mol. The van der Waals surface area contributed by atoms with Gasteiger partial charge in [-0.25, -0.2) is 0 Å². The van der Waals surface area contributed by atoms with Crippen molar-refractivity contribution in [2.75, 3.05) is 13.3 Å². The van der Waals surface area contributed by atoms with Crippen LogP contribution in [0.3, 0.4) is 0 Å². The van der Waals surface area contributed by atoms with E-state index in [2.05, 4.69) is 5.32 Å². The van der Waals surface area contributed by atoms with Gasteiger partial charge in [-0.2, -0.15) is 0 Å². The Balaban J connectivity index is 2.10. The van der Waals surface area contributed by atoms with E-state index in [0.29, 0.717) is 18.0 Å². The highest BCUT2D eigenvalue weighted by atomic mass is 16.7. The first-order chi connectivity index (χ1) is 7.75. The summed E-state index contributed by atoms with van der Waals surface area (Å²) in [5, 5.41) is 12.1. The van der Waals surface area contributed by atoms with Gasteiger partial charge in [0.05, 0.1) is 0 Å². The van der Waals surface area contributed by atoms with E-state index in [1.165, 1.54) is 0 Å². The largest absolute Gasteiger partial charge is 0.480 e. The molecule has 0 fully saturated rings. The average Bonchev–Trinajstić information content (AvgIpc) is 2.71. The summed E-state index contributed by atoms with van der Waals surface area (Å²) in [4.78, 5) is 11.1. The first-order valence-electron chi connectivity index (χ1n) is 5.14. The number of nitrogens with one attached hydrogen (secondary N) is 1. The zero-order valence-electron chi connectivity index (χ0n) is 8.53. The molecule has 0 radical (unpaired) electrons. The van der Waals surface area contributed by atoms with Gasteiger partial charge in [0.1, 0.15) is 6.04 Å². The van der Waals surface area contributed by atoms with Gasteiger partial charge in [-0.15, -0.1) is 0 Å². The third kappa shape index (κ3) is 1.32. The Hall–Kier alpha value is -1.75. The fraction of sp³-hybridized carbons (Fsp3) is 0.364. The standard InChI is InChI=1S/C11H11NO4/c13-11(14)10-7-4-9-8(15-5-16-9)3-6(7)1-2-12-10/h3-4,10,12H,1-2,5H2,(H,13,14). The fourth-order valence-corrected chi connectivity index (χ4v) is 2.17. The monoisotopic (exact) mass is 221 g/mol. The molecule has 2 aliphatic rings. The number of fused-ring (bicyclic) bond motifs is 2. The van der Waals surface area contributed by atoms with Gasteiger partial charge in [-0.05, 0) is 29.7 Å². The van der Waals surface area contributed by atoms with Crippen molar-refractivity contribution in [3.05, 3.63) is 23.3 Å². The maximum atomic E-state index is 11.1. The number of ether oxygens (including phenoxy) is 2. The summed E-state index contributed by atoms with van der Waals surface area (Å²) in [5.74, 6) is 0.485. The summed E-state index contributed by atoms with van der Waals surface area (Å²) >= 11 is 0. The van der Waals surface area contributed by atoms with Gasteiger partial charge < -0.3 is 19.9 Å². The number of benzene rings is 1. The van der Waals surface area contributed by atoms with E-state index in [0.717, 1.165) is 17.5 Å². The third-order valence-electron chi connectivity index (χ3n) is 2.94. The van der Waals surface area contributed by atoms with Crippen LogP contribution in [-0.2, 0) is 11.2 Å². The first kappa shape index (κ1) is 9.47. The lowest BCUT2D eigenvalue weighted by atomic mass is 9.94. The number of rotatable bonds is 1. The molecule has 0 bridgehead atoms. The summed E-state index contributed by atoms with van der Waals surface area (Å²) in [7, 11) is 0. The number of hydrogen-bond acceptors (Lipinski definition) is 4. The van der Waals surface area contributed by atoms with Crippen molar-refractivity contribution in [1.29, 1.82) is 0 Å². The van der Waals surface area contributed by atoms with Crippen molar-refractivity contribution >= 4 is 5.97 Å². The maximum absolute atomic E-state index is 11.1. The molecule has 5 heteroatoms. The van der Waals surface area contributed by atoms with Crippen LogP contribution < -0.4 is 14.8 Å². The number of aliphatic carboxylic acids is 1. The van der Waals surface area contributed by atoms with E-state index in [-0.39, 0.29) is 6.79 Å². The van der Waals surface area contributed by atoms with Gasteiger partial charge in [0, 0.05) is 6.54 Å². The fourth-order valence-electron chi connectivity index (χ4n) is 2.17. The molecule has 3 rings (SSSR count). The van der Waals surface area contributed by atoms with E-state index >= 15 is 0 Å². The molecule has 1 atom stereocenters. The van der Waals surface area contributed by atoms with E-state index in [4.69, 9.17) is 14.6 Å². The smallest absolute Gasteiger partial charge is 0.325 e. The van der Waals surface area contributed by atoms with Crippen LogP contribution in [0.25, 0.3) is 0 Å². The molecule has 2 heterocycles. The molecular weight excluding hydrogens is 210 g/mol. The second-order valence-corrected chi connectivity index (χ2v) is 3.88. The van der Waals surface area contributed by atoms with Crippen molar-refractivity contribution in [3.63, 3.8) is 0 Å². The van der Waals surface area contributed by atoms with Gasteiger partial charge in [-0.1, -0.05) is 0 Å². The van der Waals surface area contributed by atoms with Gasteiger partial charge in [0.15, 0.2) is 11.5 Å². The Labute approximate surface area is 92.0 Å². The van der Waals surface area contributed by atoms with Gasteiger partial charge in [0.25, 0.3) is 0 Å². The first-order valence-corrected chi connectivity index (χ1v) is 5.14. The topological polar surface area (TPSA) is 67.8 Å². The van der Waals surface area contributed by atoms with Crippen molar-refractivity contribution in [2.24, 2.45) is 0 Å². The van der Waals surface area contributed by atoms with Crippen molar-refractivity contribution in [1.82, 2.24) is 5.32 Å². The number of carboxylic acids is 1. The Morgan fingerprint density at radius 1 is 1.38 bits per heavy atom. The van der Waals surface area contributed by atoms with Crippen molar-refractivity contribution in [2.45, 2.75) is 12.5 Å². The number of carbonyl (C=O) groups is 1. The van der Waals surface area contributed by atoms with Crippen LogP contribution in [0.15, 0.2) is 12.1 Å². The Kier molecular flexibility index (Phi) is 2.00. The molecule has 0 saturated heterocycles. The molecular formula is C11H11NO4. The second kappa shape index (κ2) is 3.38. The van der Waals surface area contributed by atoms with Gasteiger partial charge >= 0.3 is 5.97 Å². The zero-order chi connectivity index (χ0) is 11.1. The highest BCUT2D eigenvalue weighted by Gasteiger charge is 2.28. The minimum absolute atomic E-state index is 0.212. The Morgan fingerprint density at radius 3 is 2.88 bits per heavy atom. The molecule has 0 aromatic heterocycles.